The minimum atomic E-state index is -4.59. The van der Waals surface area contributed by atoms with Crippen LogP contribution in [0, 0.1) is 0 Å². The Labute approximate surface area is 92.6 Å². The van der Waals surface area contributed by atoms with Crippen LogP contribution >= 0.6 is 11.6 Å². The summed E-state index contributed by atoms with van der Waals surface area (Å²) >= 11 is 5.77. The van der Waals surface area contributed by atoms with Crippen LogP contribution in [0.5, 0.6) is 5.75 Å². The Morgan fingerprint density at radius 1 is 1.38 bits per heavy atom. The lowest BCUT2D eigenvalue weighted by atomic mass is 10.4. The predicted octanol–water partition coefficient (Wildman–Crippen LogP) is 2.41. The molecule has 8 heteroatoms. The van der Waals surface area contributed by atoms with Gasteiger partial charge in [-0.1, -0.05) is 11.6 Å². The zero-order chi connectivity index (χ0) is 11.9. The van der Waals surface area contributed by atoms with E-state index in [1.165, 1.54) is 19.2 Å². The summed E-state index contributed by atoms with van der Waals surface area (Å²) in [5, 5.41) is 3.21. The lowest BCUT2D eigenvalue weighted by molar-refractivity contribution is -0.144. The van der Waals surface area contributed by atoms with Crippen molar-refractivity contribution in [1.29, 1.82) is 0 Å². The highest BCUT2D eigenvalue weighted by molar-refractivity contribution is 6.31. The molecule has 0 unspecified atom stereocenters. The van der Waals surface area contributed by atoms with Crippen LogP contribution in [0.3, 0.4) is 0 Å². The summed E-state index contributed by atoms with van der Waals surface area (Å²) in [5.74, 6) is -1.00. The van der Waals surface area contributed by atoms with Gasteiger partial charge in [-0.05, 0) is 12.1 Å². The zero-order valence-corrected chi connectivity index (χ0v) is 8.67. The smallest absolute Gasteiger partial charge is 0.453 e. The quantitative estimate of drug-likeness (QED) is 0.731. The molecule has 0 aromatic carbocycles. The second-order valence-electron chi connectivity index (χ2n) is 2.90. The predicted molar refractivity (Wildman–Crippen MR) is 49.6 cm³/mol. The zero-order valence-electron chi connectivity index (χ0n) is 7.92. The van der Waals surface area contributed by atoms with Crippen LogP contribution in [0.25, 0.3) is 5.65 Å². The van der Waals surface area contributed by atoms with E-state index in [-0.39, 0.29) is 16.5 Å². The van der Waals surface area contributed by atoms with E-state index in [2.05, 4.69) is 10.1 Å². The molecule has 0 aliphatic rings. The number of pyridine rings is 1. The summed E-state index contributed by atoms with van der Waals surface area (Å²) in [6.45, 7) is 0. The van der Waals surface area contributed by atoms with Crippen LogP contribution in [0.15, 0.2) is 12.1 Å². The van der Waals surface area contributed by atoms with Crippen molar-refractivity contribution in [3.8, 4) is 5.75 Å². The van der Waals surface area contributed by atoms with Gasteiger partial charge < -0.3 is 4.74 Å². The normalized spacial score (nSPS) is 12.1. The molecule has 0 saturated carbocycles. The van der Waals surface area contributed by atoms with Gasteiger partial charge in [0.1, 0.15) is 0 Å². The van der Waals surface area contributed by atoms with Gasteiger partial charge in [-0.2, -0.15) is 17.7 Å². The maximum Gasteiger partial charge on any atom is 0.453 e. The number of halogens is 4. The Morgan fingerprint density at radius 3 is 2.62 bits per heavy atom. The van der Waals surface area contributed by atoms with E-state index in [0.29, 0.717) is 0 Å². The first-order chi connectivity index (χ1) is 7.43. The van der Waals surface area contributed by atoms with E-state index >= 15 is 0 Å². The lowest BCUT2D eigenvalue weighted by Gasteiger charge is -2.02. The van der Waals surface area contributed by atoms with E-state index < -0.39 is 12.0 Å². The molecule has 0 amide bonds. The van der Waals surface area contributed by atoms with Crippen LogP contribution in [0.4, 0.5) is 13.2 Å². The van der Waals surface area contributed by atoms with E-state index in [0.717, 1.165) is 4.52 Å². The summed E-state index contributed by atoms with van der Waals surface area (Å²) in [5.41, 5.74) is 0.0122. The van der Waals surface area contributed by atoms with Gasteiger partial charge in [-0.25, -0.2) is 4.98 Å². The van der Waals surface area contributed by atoms with E-state index in [4.69, 9.17) is 16.3 Å². The third-order valence-electron chi connectivity index (χ3n) is 1.88. The number of alkyl halides is 3. The third kappa shape index (κ3) is 1.67. The Bertz CT molecular complexity index is 537. The van der Waals surface area contributed by atoms with Crippen LogP contribution in [0.2, 0.25) is 5.15 Å². The largest absolute Gasteiger partial charge is 0.494 e. The van der Waals surface area contributed by atoms with Crippen molar-refractivity contribution in [2.45, 2.75) is 6.18 Å². The fraction of sp³-hybridized carbons (Fsp3) is 0.250. The van der Waals surface area contributed by atoms with Gasteiger partial charge in [0.05, 0.1) is 7.11 Å². The Balaban J connectivity index is 2.67. The standard InChI is InChI=1S/C8H5ClF3N3O/c1-16-4-2-3-5-13-7(8(10,11)12)14-15(5)6(4)9/h2-3H,1H3. The van der Waals surface area contributed by atoms with Gasteiger partial charge in [0.25, 0.3) is 5.82 Å². The summed E-state index contributed by atoms with van der Waals surface area (Å²) in [4.78, 5) is 3.31. The van der Waals surface area contributed by atoms with E-state index in [1.54, 1.807) is 0 Å². The molecule has 16 heavy (non-hydrogen) atoms. The molecule has 2 aromatic rings. The fourth-order valence-electron chi connectivity index (χ4n) is 1.17. The molecule has 0 fully saturated rings. The number of hydrogen-bond acceptors (Lipinski definition) is 3. The highest BCUT2D eigenvalue weighted by Crippen LogP contribution is 2.29. The minimum absolute atomic E-state index is 0.0122. The van der Waals surface area contributed by atoms with Crippen molar-refractivity contribution < 1.29 is 17.9 Å². The van der Waals surface area contributed by atoms with Crippen LogP contribution < -0.4 is 4.74 Å². The SMILES string of the molecule is COc1ccc2nc(C(F)(F)F)nn2c1Cl. The minimum Gasteiger partial charge on any atom is -0.494 e. The number of rotatable bonds is 1. The van der Waals surface area contributed by atoms with E-state index in [1.807, 2.05) is 0 Å². The average molecular weight is 252 g/mol. The Morgan fingerprint density at radius 2 is 2.06 bits per heavy atom. The molecular weight excluding hydrogens is 247 g/mol. The van der Waals surface area contributed by atoms with Gasteiger partial charge in [-0.3, -0.25) is 0 Å². The highest BCUT2D eigenvalue weighted by Gasteiger charge is 2.36. The molecule has 86 valence electrons. The molecule has 0 saturated heterocycles. The van der Waals surface area contributed by atoms with E-state index in [9.17, 15) is 13.2 Å². The first-order valence-corrected chi connectivity index (χ1v) is 4.47. The lowest BCUT2D eigenvalue weighted by Crippen LogP contribution is -2.07. The maximum atomic E-state index is 12.3. The van der Waals surface area contributed by atoms with Crippen molar-refractivity contribution in [3.63, 3.8) is 0 Å². The van der Waals surface area contributed by atoms with Gasteiger partial charge in [0.15, 0.2) is 16.5 Å². The fourth-order valence-corrected chi connectivity index (χ4v) is 1.44. The summed E-state index contributed by atoms with van der Waals surface area (Å²) in [6.07, 6.45) is -4.59. The number of fused-ring (bicyclic) bond motifs is 1. The molecule has 0 bridgehead atoms. The summed E-state index contributed by atoms with van der Waals surface area (Å²) in [6, 6.07) is 2.76. The first kappa shape index (κ1) is 11.0. The molecule has 0 N–H and O–H groups in total. The van der Waals surface area contributed by atoms with Gasteiger partial charge in [0.2, 0.25) is 0 Å². The van der Waals surface area contributed by atoms with Crippen molar-refractivity contribution in [1.82, 2.24) is 14.6 Å². The van der Waals surface area contributed by atoms with Gasteiger partial charge >= 0.3 is 6.18 Å². The molecule has 2 rings (SSSR count). The maximum absolute atomic E-state index is 12.3. The molecular formula is C8H5ClF3N3O. The first-order valence-electron chi connectivity index (χ1n) is 4.10. The molecule has 0 atom stereocenters. The monoisotopic (exact) mass is 251 g/mol. The van der Waals surface area contributed by atoms with Crippen molar-refractivity contribution in [3.05, 3.63) is 23.1 Å². The van der Waals surface area contributed by atoms with Gasteiger partial charge in [0, 0.05) is 0 Å². The van der Waals surface area contributed by atoms with Crippen molar-refractivity contribution in [2.75, 3.05) is 7.11 Å². The molecule has 2 aromatic heterocycles. The third-order valence-corrected chi connectivity index (χ3v) is 2.23. The molecule has 0 aliphatic carbocycles. The number of ether oxygens (including phenoxy) is 1. The second-order valence-corrected chi connectivity index (χ2v) is 3.25. The number of nitrogens with zero attached hydrogens (tertiary/aromatic N) is 3. The van der Waals surface area contributed by atoms with Crippen LogP contribution in [0.1, 0.15) is 5.82 Å². The van der Waals surface area contributed by atoms with Crippen LogP contribution in [-0.2, 0) is 6.18 Å². The van der Waals surface area contributed by atoms with Crippen molar-refractivity contribution >= 4 is 17.2 Å². The van der Waals surface area contributed by atoms with Crippen molar-refractivity contribution in [2.24, 2.45) is 0 Å². The van der Waals surface area contributed by atoms with Crippen LogP contribution in [-0.4, -0.2) is 21.7 Å². The number of methoxy groups -OCH3 is 1. The average Bonchev–Trinajstić information content (AvgIpc) is 2.62. The molecule has 2 heterocycles. The molecule has 4 nitrogen and oxygen atoms in total. The Kier molecular flexibility index (Phi) is 2.42. The molecule has 0 radical (unpaired) electrons. The van der Waals surface area contributed by atoms with Gasteiger partial charge in [-0.15, -0.1) is 5.10 Å². The second kappa shape index (κ2) is 3.51. The highest BCUT2D eigenvalue weighted by atomic mass is 35.5. The topological polar surface area (TPSA) is 39.4 Å². The summed E-state index contributed by atoms with van der Waals surface area (Å²) in [7, 11) is 1.36. The molecule has 0 aliphatic heterocycles. The molecule has 0 spiro atoms. The Hall–Kier alpha value is -1.50. The summed E-state index contributed by atoms with van der Waals surface area (Å²) < 4.78 is 42.7. The number of aromatic nitrogens is 3. The number of hydrogen-bond donors (Lipinski definition) is 0.